The summed E-state index contributed by atoms with van der Waals surface area (Å²) in [5.74, 6) is -1.82. The number of primary amides is 1. The molecule has 3 rings (SSSR count). The average Bonchev–Trinajstić information content (AvgIpc) is 3.76. The van der Waals surface area contributed by atoms with E-state index >= 15 is 0 Å². The number of fused-ring (bicyclic) bond motifs is 2. The van der Waals surface area contributed by atoms with Crippen LogP contribution in [-0.4, -0.2) is 73.4 Å². The lowest BCUT2D eigenvalue weighted by molar-refractivity contribution is -0.120. The zero-order valence-corrected chi connectivity index (χ0v) is 25.4. The van der Waals surface area contributed by atoms with Gasteiger partial charge in [-0.3, -0.25) is 14.4 Å². The topological polar surface area (TPSA) is 166 Å². The maximum Gasteiger partial charge on any atom is 0.405 e. The molecule has 0 aromatic rings. The molecule has 11 heteroatoms. The number of Topliss-reactive ketones (excluding diaryl/α,β-unsaturated/α-hetero) is 1. The molecule has 232 valence electrons. The molecule has 2 aliphatic carbocycles. The number of methoxy groups -OCH3 is 2. The molecule has 1 saturated carbocycles. The SMILES string of the molecule is CO[C@H]1C[C@H](C)CC2=C(NC3CC3)C(=O)C=C(NC(=O)/C(C)=C/CC[C@H](OC)[C@@H](OC(N)=O)/C(C)=C/[C@H](C)[C@H]1O)C2=O. The summed E-state index contributed by atoms with van der Waals surface area (Å²) in [7, 11) is 3.00. The Balaban J connectivity index is 2.01. The van der Waals surface area contributed by atoms with Crippen molar-refractivity contribution in [3.63, 3.8) is 0 Å². The van der Waals surface area contributed by atoms with Crippen LogP contribution in [0.2, 0.25) is 0 Å². The number of aliphatic hydroxyl groups excluding tert-OH is 1. The molecule has 2 bridgehead atoms. The maximum atomic E-state index is 13.6. The number of hydrogen-bond donors (Lipinski definition) is 4. The van der Waals surface area contributed by atoms with Crippen molar-refractivity contribution in [2.24, 2.45) is 17.6 Å². The Kier molecular flexibility index (Phi) is 11.7. The molecular weight excluding hydrogens is 542 g/mol. The highest BCUT2D eigenvalue weighted by molar-refractivity contribution is 6.23. The third-order valence-corrected chi connectivity index (χ3v) is 8.04. The summed E-state index contributed by atoms with van der Waals surface area (Å²) < 4.78 is 16.7. The smallest absolute Gasteiger partial charge is 0.405 e. The van der Waals surface area contributed by atoms with Crippen LogP contribution >= 0.6 is 0 Å². The molecule has 0 saturated heterocycles. The number of allylic oxidation sites excluding steroid dienone is 3. The number of carbonyl (C=O) groups excluding carboxylic acids is 4. The highest BCUT2D eigenvalue weighted by Crippen LogP contribution is 2.31. The highest BCUT2D eigenvalue weighted by Gasteiger charge is 2.35. The van der Waals surface area contributed by atoms with Gasteiger partial charge in [-0.1, -0.05) is 26.0 Å². The van der Waals surface area contributed by atoms with E-state index in [1.54, 1.807) is 19.9 Å². The van der Waals surface area contributed by atoms with Crippen LogP contribution in [0.4, 0.5) is 4.79 Å². The molecule has 1 aliphatic heterocycles. The molecule has 1 fully saturated rings. The lowest BCUT2D eigenvalue weighted by atomic mass is 9.85. The number of amides is 2. The van der Waals surface area contributed by atoms with Gasteiger partial charge in [0.05, 0.1) is 29.7 Å². The molecule has 3 aliphatic rings. The summed E-state index contributed by atoms with van der Waals surface area (Å²) in [6.45, 7) is 7.16. The number of hydrogen-bond acceptors (Lipinski definition) is 9. The third-order valence-electron chi connectivity index (χ3n) is 8.04. The van der Waals surface area contributed by atoms with E-state index in [2.05, 4.69) is 10.6 Å². The Labute approximate surface area is 247 Å². The Hall–Kier alpha value is -3.28. The average molecular weight is 588 g/mol. The van der Waals surface area contributed by atoms with Gasteiger partial charge in [0.25, 0.3) is 5.91 Å². The van der Waals surface area contributed by atoms with Crippen LogP contribution in [0.5, 0.6) is 0 Å². The second kappa shape index (κ2) is 14.8. The second-order valence-corrected chi connectivity index (χ2v) is 11.7. The number of ketones is 2. The molecule has 6 atom stereocenters. The van der Waals surface area contributed by atoms with Crippen LogP contribution in [0.15, 0.2) is 46.3 Å². The fourth-order valence-corrected chi connectivity index (χ4v) is 5.48. The highest BCUT2D eigenvalue weighted by atomic mass is 16.6. The van der Waals surface area contributed by atoms with E-state index in [1.165, 1.54) is 20.3 Å². The zero-order chi connectivity index (χ0) is 31.1. The van der Waals surface area contributed by atoms with Crippen molar-refractivity contribution >= 4 is 23.6 Å². The van der Waals surface area contributed by atoms with E-state index in [9.17, 15) is 24.3 Å². The number of ether oxygens (including phenoxy) is 3. The number of rotatable bonds is 5. The van der Waals surface area contributed by atoms with Gasteiger partial charge in [0.1, 0.15) is 0 Å². The first-order valence-corrected chi connectivity index (χ1v) is 14.5. The van der Waals surface area contributed by atoms with Crippen LogP contribution in [0.1, 0.15) is 66.2 Å². The zero-order valence-electron chi connectivity index (χ0n) is 25.4. The second-order valence-electron chi connectivity index (χ2n) is 11.7. The fraction of sp³-hybridized carbons (Fsp3) is 0.613. The molecule has 1 heterocycles. The number of nitrogens with two attached hydrogens (primary N) is 1. The summed E-state index contributed by atoms with van der Waals surface area (Å²) in [4.78, 5) is 51.6. The van der Waals surface area contributed by atoms with Crippen LogP contribution < -0.4 is 16.4 Å². The van der Waals surface area contributed by atoms with Crippen LogP contribution in [0.25, 0.3) is 0 Å². The quantitative estimate of drug-likeness (QED) is 0.279. The summed E-state index contributed by atoms with van der Waals surface area (Å²) in [5.41, 5.74) is 6.90. The lowest BCUT2D eigenvalue weighted by Gasteiger charge is -2.30. The Morgan fingerprint density at radius 1 is 1.07 bits per heavy atom. The molecule has 0 aromatic carbocycles. The lowest BCUT2D eigenvalue weighted by Crippen LogP contribution is -2.38. The third kappa shape index (κ3) is 8.62. The van der Waals surface area contributed by atoms with E-state index in [1.807, 2.05) is 19.9 Å². The van der Waals surface area contributed by atoms with Crippen molar-refractivity contribution in [1.82, 2.24) is 10.6 Å². The van der Waals surface area contributed by atoms with Crippen LogP contribution in [0, 0.1) is 11.8 Å². The minimum Gasteiger partial charge on any atom is -0.439 e. The van der Waals surface area contributed by atoms with Gasteiger partial charge < -0.3 is 35.7 Å². The van der Waals surface area contributed by atoms with Gasteiger partial charge in [0.2, 0.25) is 11.6 Å². The van der Waals surface area contributed by atoms with E-state index < -0.39 is 48.1 Å². The molecule has 0 radical (unpaired) electrons. The molecule has 42 heavy (non-hydrogen) atoms. The first-order valence-electron chi connectivity index (χ1n) is 14.5. The van der Waals surface area contributed by atoms with Gasteiger partial charge in [-0.15, -0.1) is 0 Å². The van der Waals surface area contributed by atoms with Crippen molar-refractivity contribution in [1.29, 1.82) is 0 Å². The van der Waals surface area contributed by atoms with E-state index in [0.717, 1.165) is 12.8 Å². The van der Waals surface area contributed by atoms with Gasteiger partial charge in [-0.2, -0.15) is 0 Å². The van der Waals surface area contributed by atoms with Crippen molar-refractivity contribution in [3.05, 3.63) is 46.3 Å². The molecular formula is C31H45N3O8. The molecule has 0 unspecified atom stereocenters. The predicted molar refractivity (Wildman–Crippen MR) is 156 cm³/mol. The summed E-state index contributed by atoms with van der Waals surface area (Å²) >= 11 is 0. The van der Waals surface area contributed by atoms with Gasteiger partial charge in [0, 0.05) is 43.4 Å². The Morgan fingerprint density at radius 2 is 1.74 bits per heavy atom. The van der Waals surface area contributed by atoms with E-state index in [-0.39, 0.29) is 35.6 Å². The van der Waals surface area contributed by atoms with Crippen molar-refractivity contribution in [2.75, 3.05) is 14.2 Å². The van der Waals surface area contributed by atoms with Crippen LogP contribution in [-0.2, 0) is 28.6 Å². The molecule has 11 nitrogen and oxygen atoms in total. The van der Waals surface area contributed by atoms with Crippen molar-refractivity contribution in [3.8, 4) is 0 Å². The summed E-state index contributed by atoms with van der Waals surface area (Å²) in [6, 6.07) is 0.147. The van der Waals surface area contributed by atoms with Crippen LogP contribution in [0.3, 0.4) is 0 Å². The Bertz CT molecular complexity index is 1180. The van der Waals surface area contributed by atoms with Gasteiger partial charge >= 0.3 is 6.09 Å². The minimum atomic E-state index is -0.959. The summed E-state index contributed by atoms with van der Waals surface area (Å²) in [5, 5.41) is 17.1. The monoisotopic (exact) mass is 587 g/mol. The fourth-order valence-electron chi connectivity index (χ4n) is 5.48. The largest absolute Gasteiger partial charge is 0.439 e. The number of aliphatic hydroxyl groups is 1. The normalized spacial score (nSPS) is 33.1. The van der Waals surface area contributed by atoms with Gasteiger partial charge in [-0.05, 0) is 63.9 Å². The standard InChI is InChI=1S/C31H45N3O8/c1-16-12-21-26(33-20-10-11-20)23(35)15-22(28(21)37)34-30(38)17(2)8-7-9-24(40-5)29(42-31(32)39)19(4)14-18(3)27(36)25(13-16)41-6/h8,14-16,18,20,24-25,27,29,33,36H,7,9-13H2,1-6H3,(H2,32,39)(H,34,38)/b17-8+,19-14+/t16-,18+,24+,25+,27-,29+/m1/s1. The first-order chi connectivity index (χ1) is 19.9. The number of carbonyl (C=O) groups is 4. The van der Waals surface area contributed by atoms with E-state index in [4.69, 9.17) is 19.9 Å². The Morgan fingerprint density at radius 3 is 2.33 bits per heavy atom. The summed E-state index contributed by atoms with van der Waals surface area (Å²) in [6.07, 6.45) is 4.06. The predicted octanol–water partition coefficient (Wildman–Crippen LogP) is 2.74. The van der Waals surface area contributed by atoms with Gasteiger partial charge in [0.15, 0.2) is 6.10 Å². The van der Waals surface area contributed by atoms with Crippen molar-refractivity contribution < 1.29 is 38.5 Å². The maximum absolute atomic E-state index is 13.6. The molecule has 2 amide bonds. The first kappa shape index (κ1) is 33.2. The molecule has 0 aromatic heterocycles. The number of nitrogens with one attached hydrogen (secondary N) is 2. The molecule has 5 N–H and O–H groups in total. The minimum absolute atomic E-state index is 0.0688. The van der Waals surface area contributed by atoms with Gasteiger partial charge in [-0.25, -0.2) is 4.79 Å². The van der Waals surface area contributed by atoms with Crippen molar-refractivity contribution in [2.45, 2.75) is 96.7 Å². The van der Waals surface area contributed by atoms with E-state index in [0.29, 0.717) is 36.0 Å². The molecule has 0 spiro atoms.